The van der Waals surface area contributed by atoms with Crippen LogP contribution in [0.15, 0.2) is 30.3 Å². The summed E-state index contributed by atoms with van der Waals surface area (Å²) in [6, 6.07) is 10.3. The minimum absolute atomic E-state index is 0.498. The molecule has 2 saturated heterocycles. The highest BCUT2D eigenvalue weighted by molar-refractivity contribution is 5.67. The van der Waals surface area contributed by atoms with E-state index in [0.29, 0.717) is 25.0 Å². The van der Waals surface area contributed by atoms with E-state index in [-0.39, 0.29) is 0 Å². The lowest BCUT2D eigenvalue weighted by Crippen LogP contribution is -2.37. The first-order chi connectivity index (χ1) is 12.8. The molecule has 7 heteroatoms. The third-order valence-electron chi connectivity index (χ3n) is 4.82. The minimum Gasteiger partial charge on any atom is -0.384 e. The van der Waals surface area contributed by atoms with Crippen LogP contribution in [-0.4, -0.2) is 67.5 Å². The molecule has 138 valence electrons. The zero-order chi connectivity index (χ0) is 17.8. The van der Waals surface area contributed by atoms with Crippen molar-refractivity contribution in [2.24, 2.45) is 0 Å². The van der Waals surface area contributed by atoms with Crippen LogP contribution in [0.3, 0.4) is 0 Å². The molecule has 2 aliphatic heterocycles. The van der Waals surface area contributed by atoms with Crippen LogP contribution in [0.1, 0.15) is 5.56 Å². The minimum atomic E-state index is 0.498. The number of aromatic nitrogens is 2. The molecule has 4 rings (SSSR count). The van der Waals surface area contributed by atoms with Gasteiger partial charge >= 0.3 is 0 Å². The Kier molecular flexibility index (Phi) is 5.29. The van der Waals surface area contributed by atoms with Crippen LogP contribution in [-0.2, 0) is 16.0 Å². The highest BCUT2D eigenvalue weighted by Crippen LogP contribution is 2.26. The summed E-state index contributed by atoms with van der Waals surface area (Å²) in [5.41, 5.74) is 9.34. The Balaban J connectivity index is 1.63. The topological polar surface area (TPSA) is 76.7 Å². The number of rotatable bonds is 4. The Morgan fingerprint density at radius 2 is 1.62 bits per heavy atom. The molecule has 2 aliphatic rings. The Morgan fingerprint density at radius 1 is 0.923 bits per heavy atom. The van der Waals surface area contributed by atoms with Crippen molar-refractivity contribution in [2.75, 3.05) is 63.2 Å². The molecular weight excluding hydrogens is 330 g/mol. The van der Waals surface area contributed by atoms with Crippen LogP contribution in [0.4, 0.5) is 11.8 Å². The smallest absolute Gasteiger partial charge is 0.228 e. The van der Waals surface area contributed by atoms with Crippen LogP contribution in [0.2, 0.25) is 0 Å². The molecule has 1 aromatic heterocycles. The third kappa shape index (κ3) is 3.95. The monoisotopic (exact) mass is 355 g/mol. The number of hydrogen-bond acceptors (Lipinski definition) is 7. The Bertz CT molecular complexity index is 742. The molecule has 0 bridgehead atoms. The van der Waals surface area contributed by atoms with Gasteiger partial charge in [-0.25, -0.2) is 4.98 Å². The van der Waals surface area contributed by atoms with Gasteiger partial charge in [0.25, 0.3) is 0 Å². The van der Waals surface area contributed by atoms with Gasteiger partial charge in [-0.1, -0.05) is 24.3 Å². The maximum absolute atomic E-state index is 6.10. The first kappa shape index (κ1) is 17.2. The van der Waals surface area contributed by atoms with Crippen LogP contribution < -0.4 is 10.6 Å². The van der Waals surface area contributed by atoms with E-state index in [4.69, 9.17) is 20.2 Å². The van der Waals surface area contributed by atoms with E-state index in [1.807, 2.05) is 12.1 Å². The molecule has 7 nitrogen and oxygen atoms in total. The predicted octanol–water partition coefficient (Wildman–Crippen LogP) is 1.39. The number of benzene rings is 1. The second kappa shape index (κ2) is 7.99. The lowest BCUT2D eigenvalue weighted by atomic mass is 10.0. The van der Waals surface area contributed by atoms with Gasteiger partial charge in [0.05, 0.1) is 32.1 Å². The fourth-order valence-electron chi connectivity index (χ4n) is 3.40. The van der Waals surface area contributed by atoms with E-state index in [1.165, 1.54) is 5.56 Å². The van der Waals surface area contributed by atoms with Gasteiger partial charge in [-0.05, 0) is 5.56 Å². The molecule has 0 aliphatic carbocycles. The van der Waals surface area contributed by atoms with Crippen LogP contribution in [0, 0.1) is 0 Å². The van der Waals surface area contributed by atoms with Crippen molar-refractivity contribution in [3.8, 4) is 11.3 Å². The standard InChI is InChI=1S/C19H25N5O2/c20-18-13-17(21-19(22-18)24-7-11-26-12-8-24)16-4-2-1-3-15(16)14-23-5-9-25-10-6-23/h1-4,13H,5-12,14H2,(H2,20,21,22). The van der Waals surface area contributed by atoms with Crippen molar-refractivity contribution >= 4 is 11.8 Å². The second-order valence-corrected chi connectivity index (χ2v) is 6.62. The third-order valence-corrected chi connectivity index (χ3v) is 4.82. The summed E-state index contributed by atoms with van der Waals surface area (Å²) in [5.74, 6) is 1.18. The molecule has 2 N–H and O–H groups in total. The molecule has 1 aromatic carbocycles. The molecule has 0 spiro atoms. The van der Waals surface area contributed by atoms with Gasteiger partial charge in [0.15, 0.2) is 0 Å². The first-order valence-electron chi connectivity index (χ1n) is 9.15. The molecule has 0 amide bonds. The van der Waals surface area contributed by atoms with Gasteiger partial charge in [0.2, 0.25) is 5.95 Å². The Labute approximate surface area is 153 Å². The van der Waals surface area contributed by atoms with E-state index in [0.717, 1.165) is 57.2 Å². The average Bonchev–Trinajstić information content (AvgIpc) is 2.69. The average molecular weight is 355 g/mol. The molecule has 0 atom stereocenters. The quantitative estimate of drug-likeness (QED) is 0.888. The zero-order valence-corrected chi connectivity index (χ0v) is 14.9. The summed E-state index contributed by atoms with van der Waals surface area (Å²) >= 11 is 0. The van der Waals surface area contributed by atoms with Crippen molar-refractivity contribution in [2.45, 2.75) is 6.54 Å². The SMILES string of the molecule is Nc1cc(-c2ccccc2CN2CCOCC2)nc(N2CCOCC2)n1. The fraction of sp³-hybridized carbons (Fsp3) is 0.474. The van der Waals surface area contributed by atoms with E-state index >= 15 is 0 Å². The van der Waals surface area contributed by atoms with Crippen LogP contribution >= 0.6 is 0 Å². The van der Waals surface area contributed by atoms with E-state index in [2.05, 4.69) is 33.0 Å². The van der Waals surface area contributed by atoms with Gasteiger partial charge in [0, 0.05) is 44.4 Å². The Morgan fingerprint density at radius 3 is 2.38 bits per heavy atom. The van der Waals surface area contributed by atoms with Gasteiger partial charge in [-0.15, -0.1) is 0 Å². The summed E-state index contributed by atoms with van der Waals surface area (Å²) in [5, 5.41) is 0. The summed E-state index contributed by atoms with van der Waals surface area (Å²) in [6.07, 6.45) is 0. The van der Waals surface area contributed by atoms with Gasteiger partial charge < -0.3 is 20.1 Å². The van der Waals surface area contributed by atoms with Gasteiger partial charge in [-0.3, -0.25) is 4.90 Å². The number of nitrogens with zero attached hydrogens (tertiary/aromatic N) is 4. The van der Waals surface area contributed by atoms with E-state index in [9.17, 15) is 0 Å². The number of hydrogen-bond donors (Lipinski definition) is 1. The first-order valence-corrected chi connectivity index (χ1v) is 9.15. The number of morpholine rings is 2. The molecule has 0 radical (unpaired) electrons. The summed E-state index contributed by atoms with van der Waals surface area (Å²) in [6.45, 7) is 7.36. The molecule has 26 heavy (non-hydrogen) atoms. The van der Waals surface area contributed by atoms with Crippen molar-refractivity contribution in [3.05, 3.63) is 35.9 Å². The van der Waals surface area contributed by atoms with Crippen molar-refractivity contribution in [1.82, 2.24) is 14.9 Å². The van der Waals surface area contributed by atoms with Crippen molar-refractivity contribution < 1.29 is 9.47 Å². The summed E-state index contributed by atoms with van der Waals surface area (Å²) in [4.78, 5) is 13.8. The highest BCUT2D eigenvalue weighted by Gasteiger charge is 2.18. The van der Waals surface area contributed by atoms with E-state index < -0.39 is 0 Å². The van der Waals surface area contributed by atoms with Gasteiger partial charge in [-0.2, -0.15) is 4.98 Å². The number of ether oxygens (including phenoxy) is 2. The van der Waals surface area contributed by atoms with Crippen molar-refractivity contribution in [1.29, 1.82) is 0 Å². The van der Waals surface area contributed by atoms with Crippen molar-refractivity contribution in [3.63, 3.8) is 0 Å². The predicted molar refractivity (Wildman–Crippen MR) is 101 cm³/mol. The number of anilines is 2. The zero-order valence-electron chi connectivity index (χ0n) is 14.9. The summed E-state index contributed by atoms with van der Waals surface area (Å²) < 4.78 is 10.9. The molecule has 2 fully saturated rings. The largest absolute Gasteiger partial charge is 0.384 e. The lowest BCUT2D eigenvalue weighted by molar-refractivity contribution is 0.0342. The summed E-state index contributed by atoms with van der Waals surface area (Å²) in [7, 11) is 0. The van der Waals surface area contributed by atoms with Crippen LogP contribution in [0.25, 0.3) is 11.3 Å². The van der Waals surface area contributed by atoms with Gasteiger partial charge in [0.1, 0.15) is 5.82 Å². The fourth-order valence-corrected chi connectivity index (χ4v) is 3.40. The molecule has 2 aromatic rings. The molecule has 3 heterocycles. The molecular formula is C19H25N5O2. The molecule has 0 saturated carbocycles. The van der Waals surface area contributed by atoms with E-state index in [1.54, 1.807) is 0 Å². The van der Waals surface area contributed by atoms with Crippen LogP contribution in [0.5, 0.6) is 0 Å². The Hall–Kier alpha value is -2.22. The lowest BCUT2D eigenvalue weighted by Gasteiger charge is -2.28. The number of nitrogens with two attached hydrogens (primary N) is 1. The normalized spacial score (nSPS) is 18.8. The number of nitrogen functional groups attached to an aromatic ring is 1. The second-order valence-electron chi connectivity index (χ2n) is 6.62. The molecule has 0 unspecified atom stereocenters. The maximum atomic E-state index is 6.10. The highest BCUT2D eigenvalue weighted by atomic mass is 16.5. The maximum Gasteiger partial charge on any atom is 0.228 e.